The van der Waals surface area contributed by atoms with Gasteiger partial charge in [-0.15, -0.1) is 0 Å². The molecule has 1 fully saturated rings. The fraction of sp³-hybridized carbons (Fsp3) is 0.632. The highest BCUT2D eigenvalue weighted by molar-refractivity contribution is 7.92. The van der Waals surface area contributed by atoms with Gasteiger partial charge in [0.2, 0.25) is 15.9 Å². The molecule has 152 valence electrons. The van der Waals surface area contributed by atoms with Crippen LogP contribution < -0.4 is 9.62 Å². The molecule has 1 aliphatic heterocycles. The van der Waals surface area contributed by atoms with Crippen molar-refractivity contribution in [2.75, 3.05) is 50.0 Å². The molecule has 1 N–H and O–H groups in total. The van der Waals surface area contributed by atoms with Gasteiger partial charge in [0, 0.05) is 26.2 Å². The van der Waals surface area contributed by atoms with E-state index in [4.69, 9.17) is 4.74 Å². The van der Waals surface area contributed by atoms with Gasteiger partial charge in [-0.2, -0.15) is 0 Å². The van der Waals surface area contributed by atoms with Crippen molar-refractivity contribution in [3.05, 3.63) is 29.3 Å². The summed E-state index contributed by atoms with van der Waals surface area (Å²) in [6, 6.07) is 4.81. The summed E-state index contributed by atoms with van der Waals surface area (Å²) in [4.78, 5) is 15.0. The molecule has 8 heteroatoms. The van der Waals surface area contributed by atoms with Crippen molar-refractivity contribution in [3.8, 4) is 0 Å². The normalized spacial score (nSPS) is 16.7. The molecule has 1 aromatic carbocycles. The van der Waals surface area contributed by atoms with Crippen molar-refractivity contribution in [2.45, 2.75) is 33.2 Å². The molecular formula is C19H31N3O4S. The number of ether oxygens (including phenoxy) is 1. The summed E-state index contributed by atoms with van der Waals surface area (Å²) < 4.78 is 31.6. The Balaban J connectivity index is 2.12. The number of aryl methyl sites for hydroxylation is 2. The molecule has 7 nitrogen and oxygen atoms in total. The fourth-order valence-corrected chi connectivity index (χ4v) is 4.61. The zero-order valence-electron chi connectivity index (χ0n) is 16.7. The van der Waals surface area contributed by atoms with Crippen LogP contribution in [0.4, 0.5) is 5.69 Å². The van der Waals surface area contributed by atoms with Gasteiger partial charge in [0.1, 0.15) is 6.04 Å². The predicted octanol–water partition coefficient (Wildman–Crippen LogP) is 1.30. The number of carbonyl (C=O) groups excluding carboxylic acids is 1. The minimum Gasteiger partial charge on any atom is -0.379 e. The molecular weight excluding hydrogens is 366 g/mol. The lowest BCUT2D eigenvalue weighted by Gasteiger charge is -2.31. The van der Waals surface area contributed by atoms with Gasteiger partial charge in [-0.3, -0.25) is 14.0 Å². The summed E-state index contributed by atoms with van der Waals surface area (Å²) in [6.45, 7) is 10.00. The van der Waals surface area contributed by atoms with Gasteiger partial charge < -0.3 is 10.1 Å². The van der Waals surface area contributed by atoms with Crippen LogP contribution >= 0.6 is 0 Å². The first-order chi connectivity index (χ1) is 12.7. The van der Waals surface area contributed by atoms with Crippen molar-refractivity contribution in [2.24, 2.45) is 0 Å². The van der Waals surface area contributed by atoms with Crippen molar-refractivity contribution in [1.82, 2.24) is 10.2 Å². The van der Waals surface area contributed by atoms with Gasteiger partial charge in [-0.05, 0) is 43.5 Å². The maximum atomic E-state index is 12.8. The second-order valence-corrected chi connectivity index (χ2v) is 8.93. The topological polar surface area (TPSA) is 79.0 Å². The minimum absolute atomic E-state index is 0.268. The van der Waals surface area contributed by atoms with Crippen LogP contribution in [0.2, 0.25) is 0 Å². The number of sulfonamides is 1. The summed E-state index contributed by atoms with van der Waals surface area (Å²) in [5, 5.41) is 2.91. The summed E-state index contributed by atoms with van der Waals surface area (Å²) >= 11 is 0. The number of benzene rings is 1. The van der Waals surface area contributed by atoms with Crippen LogP contribution in [-0.2, 0) is 19.6 Å². The van der Waals surface area contributed by atoms with Gasteiger partial charge in [-0.1, -0.05) is 13.0 Å². The minimum atomic E-state index is -3.61. The molecule has 1 heterocycles. The molecule has 0 unspecified atom stereocenters. The van der Waals surface area contributed by atoms with E-state index in [1.807, 2.05) is 26.8 Å². The van der Waals surface area contributed by atoms with Gasteiger partial charge in [0.15, 0.2) is 0 Å². The van der Waals surface area contributed by atoms with Crippen LogP contribution in [0.5, 0.6) is 0 Å². The number of rotatable bonds is 8. The number of morpholine rings is 1. The van der Waals surface area contributed by atoms with Crippen molar-refractivity contribution >= 4 is 21.6 Å². The van der Waals surface area contributed by atoms with E-state index in [-0.39, 0.29) is 5.91 Å². The number of nitrogens with zero attached hydrogens (tertiary/aromatic N) is 2. The first-order valence-corrected chi connectivity index (χ1v) is 11.2. The number of hydrogen-bond acceptors (Lipinski definition) is 5. The largest absolute Gasteiger partial charge is 0.379 e. The molecule has 1 saturated heterocycles. The van der Waals surface area contributed by atoms with Gasteiger partial charge in [-0.25, -0.2) is 8.42 Å². The van der Waals surface area contributed by atoms with Crippen molar-refractivity contribution in [3.63, 3.8) is 0 Å². The Labute approximate surface area is 162 Å². The Kier molecular flexibility index (Phi) is 7.64. The summed E-state index contributed by atoms with van der Waals surface area (Å²) in [5.41, 5.74) is 2.45. The van der Waals surface area contributed by atoms with E-state index in [1.165, 1.54) is 4.31 Å². The molecule has 1 aromatic rings. The van der Waals surface area contributed by atoms with E-state index in [0.717, 1.165) is 37.0 Å². The molecule has 27 heavy (non-hydrogen) atoms. The van der Waals surface area contributed by atoms with Gasteiger partial charge in [0.05, 0.1) is 25.2 Å². The number of nitrogens with one attached hydrogen (secondary N) is 1. The maximum absolute atomic E-state index is 12.8. The van der Waals surface area contributed by atoms with E-state index >= 15 is 0 Å². The maximum Gasteiger partial charge on any atom is 0.243 e. The van der Waals surface area contributed by atoms with Crippen LogP contribution in [0.25, 0.3) is 0 Å². The average Bonchev–Trinajstić information content (AvgIpc) is 2.58. The Morgan fingerprint density at radius 1 is 1.22 bits per heavy atom. The highest BCUT2D eigenvalue weighted by atomic mass is 32.2. The van der Waals surface area contributed by atoms with E-state index in [2.05, 4.69) is 10.2 Å². The third-order valence-electron chi connectivity index (χ3n) is 4.62. The van der Waals surface area contributed by atoms with Crippen LogP contribution in [0, 0.1) is 13.8 Å². The number of amides is 1. The Morgan fingerprint density at radius 2 is 1.81 bits per heavy atom. The smallest absolute Gasteiger partial charge is 0.243 e. The standard InChI is InChI=1S/C19H31N3O4S/c1-5-18(19(23)20-6-7-21-8-10-26-11-9-21)22(27(4,24)25)17-13-15(2)12-16(3)14-17/h12-14,18H,5-11H2,1-4H3,(H,20,23)/t18-/m0/s1. The molecule has 0 saturated carbocycles. The molecule has 2 rings (SSSR count). The number of carbonyl (C=O) groups is 1. The Hall–Kier alpha value is -1.64. The molecule has 1 amide bonds. The monoisotopic (exact) mass is 397 g/mol. The summed E-state index contributed by atoms with van der Waals surface area (Å²) in [6.07, 6.45) is 1.54. The first-order valence-electron chi connectivity index (χ1n) is 9.38. The second kappa shape index (κ2) is 9.52. The number of hydrogen-bond donors (Lipinski definition) is 1. The zero-order chi connectivity index (χ0) is 20.0. The van der Waals surface area contributed by atoms with E-state index < -0.39 is 16.1 Å². The van der Waals surface area contributed by atoms with Crippen LogP contribution in [0.15, 0.2) is 18.2 Å². The van der Waals surface area contributed by atoms with Crippen LogP contribution in [0.3, 0.4) is 0 Å². The lowest BCUT2D eigenvalue weighted by Crippen LogP contribution is -2.51. The highest BCUT2D eigenvalue weighted by Crippen LogP contribution is 2.25. The lowest BCUT2D eigenvalue weighted by molar-refractivity contribution is -0.122. The van der Waals surface area contributed by atoms with Crippen molar-refractivity contribution in [1.29, 1.82) is 0 Å². The Morgan fingerprint density at radius 3 is 2.33 bits per heavy atom. The number of anilines is 1. The van der Waals surface area contributed by atoms with Crippen LogP contribution in [0.1, 0.15) is 24.5 Å². The molecule has 0 bridgehead atoms. The van der Waals surface area contributed by atoms with Gasteiger partial charge in [0.25, 0.3) is 0 Å². The van der Waals surface area contributed by atoms with E-state index in [1.54, 1.807) is 12.1 Å². The molecule has 0 aromatic heterocycles. The highest BCUT2D eigenvalue weighted by Gasteiger charge is 2.31. The van der Waals surface area contributed by atoms with E-state index in [0.29, 0.717) is 31.9 Å². The third-order valence-corrected chi connectivity index (χ3v) is 5.80. The lowest BCUT2D eigenvalue weighted by atomic mass is 10.1. The quantitative estimate of drug-likeness (QED) is 0.715. The molecule has 0 aliphatic carbocycles. The summed E-state index contributed by atoms with van der Waals surface area (Å²) in [5.74, 6) is -0.268. The zero-order valence-corrected chi connectivity index (χ0v) is 17.5. The fourth-order valence-electron chi connectivity index (χ4n) is 3.42. The van der Waals surface area contributed by atoms with Gasteiger partial charge >= 0.3 is 0 Å². The predicted molar refractivity (Wildman–Crippen MR) is 108 cm³/mol. The van der Waals surface area contributed by atoms with Crippen molar-refractivity contribution < 1.29 is 17.9 Å². The molecule has 0 radical (unpaired) electrons. The average molecular weight is 398 g/mol. The van der Waals surface area contributed by atoms with Crippen LogP contribution in [-0.4, -0.2) is 70.9 Å². The second-order valence-electron chi connectivity index (χ2n) is 7.07. The Bertz CT molecular complexity index is 725. The van der Waals surface area contributed by atoms with E-state index in [9.17, 15) is 13.2 Å². The first kappa shape index (κ1) is 21.7. The molecule has 1 atom stereocenters. The SMILES string of the molecule is CC[C@@H](C(=O)NCCN1CCOCC1)N(c1cc(C)cc(C)c1)S(C)(=O)=O. The molecule has 0 spiro atoms. The summed E-state index contributed by atoms with van der Waals surface area (Å²) in [7, 11) is -3.61. The third kappa shape index (κ3) is 6.19. The molecule has 1 aliphatic rings.